The van der Waals surface area contributed by atoms with Gasteiger partial charge in [-0.05, 0) is 37.6 Å². The highest BCUT2D eigenvalue weighted by atomic mass is 19.1. The zero-order valence-electron chi connectivity index (χ0n) is 20.4. The van der Waals surface area contributed by atoms with Gasteiger partial charge in [0.05, 0.1) is 34.9 Å². The van der Waals surface area contributed by atoms with Gasteiger partial charge in [-0.25, -0.2) is 9.37 Å². The van der Waals surface area contributed by atoms with Crippen molar-refractivity contribution in [2.75, 3.05) is 5.32 Å². The Labute approximate surface area is 210 Å². The normalized spacial score (nSPS) is 12.5. The monoisotopic (exact) mass is 503 g/mol. The largest absolute Gasteiger partial charge is 0.501 e. The Morgan fingerprint density at radius 2 is 2.00 bits per heavy atom. The van der Waals surface area contributed by atoms with E-state index in [2.05, 4.69) is 36.0 Å². The van der Waals surface area contributed by atoms with Crippen LogP contribution >= 0.6 is 0 Å². The maximum absolute atomic E-state index is 14.4. The van der Waals surface area contributed by atoms with Crippen LogP contribution in [0.25, 0.3) is 0 Å². The summed E-state index contributed by atoms with van der Waals surface area (Å²) in [5, 5.41) is 26.1. The number of nitriles is 1. The van der Waals surface area contributed by atoms with Crippen LogP contribution in [0.5, 0.6) is 5.75 Å². The first-order valence-electron chi connectivity index (χ1n) is 11.1. The lowest BCUT2D eigenvalue weighted by Crippen LogP contribution is -2.30. The molecule has 1 amide bonds. The molecule has 0 fully saturated rings. The summed E-state index contributed by atoms with van der Waals surface area (Å²) in [5.41, 5.74) is 1.06. The van der Waals surface area contributed by atoms with Crippen LogP contribution in [-0.4, -0.2) is 35.7 Å². The molecule has 188 valence electrons. The highest BCUT2D eigenvalue weighted by Crippen LogP contribution is 2.38. The lowest BCUT2D eigenvalue weighted by atomic mass is 9.81. The predicted molar refractivity (Wildman–Crippen MR) is 128 cm³/mol. The number of aromatic hydroxyl groups is 1. The second kappa shape index (κ2) is 9.98. The van der Waals surface area contributed by atoms with Crippen LogP contribution in [-0.2, 0) is 7.05 Å². The van der Waals surface area contributed by atoms with Gasteiger partial charge >= 0.3 is 0 Å². The Kier molecular flexibility index (Phi) is 6.79. The maximum atomic E-state index is 14.4. The molecule has 0 aliphatic rings. The molecule has 4 rings (SSSR count). The van der Waals surface area contributed by atoms with Crippen molar-refractivity contribution in [3.63, 3.8) is 0 Å². The van der Waals surface area contributed by atoms with E-state index >= 15 is 0 Å². The van der Waals surface area contributed by atoms with Gasteiger partial charge in [0.2, 0.25) is 5.75 Å². The summed E-state index contributed by atoms with van der Waals surface area (Å²) in [6.45, 7) is 5.26. The predicted octanol–water partition coefficient (Wildman–Crippen LogP) is 3.08. The fourth-order valence-electron chi connectivity index (χ4n) is 4.07. The molecule has 11 nitrogen and oxygen atoms in total. The van der Waals surface area contributed by atoms with Gasteiger partial charge in [-0.2, -0.15) is 5.26 Å². The van der Waals surface area contributed by atoms with Crippen molar-refractivity contribution in [3.05, 3.63) is 92.8 Å². The zero-order valence-corrected chi connectivity index (χ0v) is 20.4. The molecule has 0 radical (unpaired) electrons. The summed E-state index contributed by atoms with van der Waals surface area (Å²) < 4.78 is 20.2. The number of carbonyl (C=O) groups excluding carboxylic acids is 1. The molecule has 12 heteroatoms. The minimum absolute atomic E-state index is 0.0939. The van der Waals surface area contributed by atoms with Crippen LogP contribution < -0.4 is 10.9 Å². The minimum Gasteiger partial charge on any atom is -0.501 e. The molecule has 0 saturated heterocycles. The Bertz CT molecular complexity index is 1590. The van der Waals surface area contributed by atoms with E-state index in [4.69, 9.17) is 0 Å². The van der Waals surface area contributed by atoms with Crippen molar-refractivity contribution in [3.8, 4) is 11.8 Å². The first-order valence-corrected chi connectivity index (χ1v) is 11.1. The Hall–Kier alpha value is -4.92. The topological polar surface area (TPSA) is 160 Å². The number of nitrogens with one attached hydrogen (secondary N) is 1. The van der Waals surface area contributed by atoms with Crippen LogP contribution in [0, 0.1) is 31.0 Å². The van der Waals surface area contributed by atoms with Crippen molar-refractivity contribution in [2.24, 2.45) is 7.05 Å². The molecule has 1 aromatic carbocycles. The maximum Gasteiger partial charge on any atom is 0.296 e. The number of carbonyl (C=O) groups is 1. The van der Waals surface area contributed by atoms with Crippen LogP contribution in [0.4, 0.5) is 10.1 Å². The lowest BCUT2D eigenvalue weighted by molar-refractivity contribution is 0.101. The number of hydrogen-bond acceptors (Lipinski definition) is 9. The molecule has 4 aromatic rings. The van der Waals surface area contributed by atoms with Gasteiger partial charge in [0.15, 0.2) is 5.69 Å². The van der Waals surface area contributed by atoms with E-state index in [1.54, 1.807) is 20.8 Å². The molecular weight excluding hydrogens is 481 g/mol. The number of anilines is 1. The molecule has 3 heterocycles. The summed E-state index contributed by atoms with van der Waals surface area (Å²) in [6, 6.07) is 5.84. The smallest absolute Gasteiger partial charge is 0.296 e. The molecule has 0 aliphatic heterocycles. The fourth-order valence-corrected chi connectivity index (χ4v) is 4.07. The van der Waals surface area contributed by atoms with E-state index in [1.807, 2.05) is 0 Å². The molecular formula is C25H22FN7O4. The first kappa shape index (κ1) is 25.2. The van der Waals surface area contributed by atoms with Gasteiger partial charge in [-0.3, -0.25) is 24.1 Å². The summed E-state index contributed by atoms with van der Waals surface area (Å²) in [7, 11) is 1.39. The Morgan fingerprint density at radius 3 is 2.65 bits per heavy atom. The third-order valence-corrected chi connectivity index (χ3v) is 6.11. The van der Waals surface area contributed by atoms with Gasteiger partial charge in [0.25, 0.3) is 11.5 Å². The lowest BCUT2D eigenvalue weighted by Gasteiger charge is -2.26. The third-order valence-electron chi connectivity index (χ3n) is 6.11. The summed E-state index contributed by atoms with van der Waals surface area (Å²) in [4.78, 5) is 39.1. The number of rotatable bonds is 6. The van der Waals surface area contributed by atoms with Gasteiger partial charge in [-0.1, -0.05) is 12.1 Å². The Morgan fingerprint density at radius 1 is 1.24 bits per heavy atom. The van der Waals surface area contributed by atoms with Crippen molar-refractivity contribution >= 4 is 11.6 Å². The fraction of sp³-hybridized carbons (Fsp3) is 0.240. The van der Waals surface area contributed by atoms with Crippen LogP contribution in [0.2, 0.25) is 0 Å². The number of benzene rings is 1. The van der Waals surface area contributed by atoms with Gasteiger partial charge in [0.1, 0.15) is 23.6 Å². The number of amides is 1. The average Bonchev–Trinajstić information content (AvgIpc) is 3.38. The highest BCUT2D eigenvalue weighted by Gasteiger charge is 2.32. The summed E-state index contributed by atoms with van der Waals surface area (Å²) in [5.74, 6) is -3.70. The second-order valence-electron chi connectivity index (χ2n) is 8.47. The molecule has 3 aromatic heterocycles. The molecule has 37 heavy (non-hydrogen) atoms. The SMILES string of the molecule is Cc1ncc(C(c2cc(F)ccc2C#N)C(C)c2nc(C(=O)Nc3cnoc3)c(O)c(=O)n2C)nc1C. The molecule has 0 spiro atoms. The number of aryl methyl sites for hydroxylation is 2. The van der Waals surface area contributed by atoms with E-state index in [0.29, 0.717) is 22.6 Å². The molecule has 2 atom stereocenters. The third kappa shape index (κ3) is 4.79. The van der Waals surface area contributed by atoms with Crippen LogP contribution in [0.3, 0.4) is 0 Å². The Balaban J connectivity index is 1.91. The molecule has 0 aliphatic carbocycles. The van der Waals surface area contributed by atoms with Crippen molar-refractivity contribution in [1.82, 2.24) is 24.7 Å². The number of nitrogens with zero attached hydrogens (tertiary/aromatic N) is 6. The van der Waals surface area contributed by atoms with E-state index < -0.39 is 40.6 Å². The van der Waals surface area contributed by atoms with Gasteiger partial charge in [0, 0.05) is 25.1 Å². The standard InChI is InChI=1S/C25H22FN7O4/c1-12(23-32-21(22(34)25(36)33(23)4)24(35)31-17-9-29-37-11-17)20(19-10-28-13(2)14(3)30-19)18-7-16(26)6-5-15(18)8-27/h5-7,9-12,20,34H,1-4H3,(H,31,35). The van der Waals surface area contributed by atoms with Gasteiger partial charge < -0.3 is 14.9 Å². The molecule has 0 bridgehead atoms. The highest BCUT2D eigenvalue weighted by molar-refractivity contribution is 6.04. The van der Waals surface area contributed by atoms with Crippen molar-refractivity contribution < 1.29 is 18.8 Å². The summed E-state index contributed by atoms with van der Waals surface area (Å²) in [6.07, 6.45) is 3.93. The summed E-state index contributed by atoms with van der Waals surface area (Å²) >= 11 is 0. The van der Waals surface area contributed by atoms with E-state index in [1.165, 1.54) is 43.9 Å². The zero-order chi connectivity index (χ0) is 26.9. The molecule has 2 N–H and O–H groups in total. The van der Waals surface area contributed by atoms with Gasteiger partial charge in [-0.15, -0.1) is 0 Å². The van der Waals surface area contributed by atoms with Crippen molar-refractivity contribution in [1.29, 1.82) is 5.26 Å². The second-order valence-corrected chi connectivity index (χ2v) is 8.47. The number of halogens is 1. The molecule has 0 saturated carbocycles. The minimum atomic E-state index is -0.864. The van der Waals surface area contributed by atoms with Crippen LogP contribution in [0.1, 0.15) is 63.3 Å². The van der Waals surface area contributed by atoms with Crippen molar-refractivity contribution in [2.45, 2.75) is 32.6 Å². The van der Waals surface area contributed by atoms with Crippen LogP contribution in [0.15, 0.2) is 46.2 Å². The van der Waals surface area contributed by atoms with E-state index in [0.717, 1.165) is 4.57 Å². The van der Waals surface area contributed by atoms with E-state index in [9.17, 15) is 24.3 Å². The van der Waals surface area contributed by atoms with E-state index in [-0.39, 0.29) is 17.1 Å². The first-order chi connectivity index (χ1) is 17.6. The molecule has 2 unspecified atom stereocenters. The quantitative estimate of drug-likeness (QED) is 0.403. The average molecular weight is 503 g/mol. The number of hydrogen-bond donors (Lipinski definition) is 2. The number of aromatic nitrogens is 5.